The lowest BCUT2D eigenvalue weighted by molar-refractivity contribution is -0.386. The predicted molar refractivity (Wildman–Crippen MR) is 135 cm³/mol. The van der Waals surface area contributed by atoms with E-state index >= 15 is 0 Å². The van der Waals surface area contributed by atoms with E-state index in [1.54, 1.807) is 37.3 Å². The van der Waals surface area contributed by atoms with Gasteiger partial charge in [-0.15, -0.1) is 0 Å². The summed E-state index contributed by atoms with van der Waals surface area (Å²) < 4.78 is 10.8. The molecule has 0 spiro atoms. The summed E-state index contributed by atoms with van der Waals surface area (Å²) in [6.07, 6.45) is 0.919. The minimum atomic E-state index is -0.790. The molecule has 1 N–H and O–H groups in total. The molecule has 0 saturated carbocycles. The molecular weight excluding hydrogens is 484 g/mol. The Morgan fingerprint density at radius 3 is 2.53 bits per heavy atom. The number of nitro benzene ring substituents is 1. The monoisotopic (exact) mass is 510 g/mol. The van der Waals surface area contributed by atoms with Crippen LogP contribution in [0.2, 0.25) is 5.02 Å². The molecule has 0 amide bonds. The van der Waals surface area contributed by atoms with E-state index in [9.17, 15) is 19.7 Å². The number of benzene rings is 2. The fourth-order valence-corrected chi connectivity index (χ4v) is 5.00. The minimum Gasteiger partial charge on any atom is -0.482 e. The standard InChI is InChI=1S/C27H27ClN2O6/c1-15-23(26(32)35-4)24(25-19(29-15)12-27(2,3)13-21(25)31)17-7-10-22(20(11-17)30(33)34)36-14-16-5-8-18(28)9-6-16/h5-11,24,29H,12-14H2,1-4H3. The van der Waals surface area contributed by atoms with Crippen molar-refractivity contribution in [3.63, 3.8) is 0 Å². The van der Waals surface area contributed by atoms with Gasteiger partial charge in [0.15, 0.2) is 11.5 Å². The summed E-state index contributed by atoms with van der Waals surface area (Å²) in [5.41, 5.74) is 2.74. The summed E-state index contributed by atoms with van der Waals surface area (Å²) >= 11 is 5.92. The second kappa shape index (κ2) is 9.78. The van der Waals surface area contributed by atoms with Gasteiger partial charge in [-0.3, -0.25) is 14.9 Å². The van der Waals surface area contributed by atoms with E-state index in [1.165, 1.54) is 19.2 Å². The second-order valence-corrected chi connectivity index (χ2v) is 10.3. The molecule has 1 unspecified atom stereocenters. The molecule has 8 nitrogen and oxygen atoms in total. The molecule has 4 rings (SSSR count). The van der Waals surface area contributed by atoms with E-state index in [-0.39, 0.29) is 34.8 Å². The highest BCUT2D eigenvalue weighted by Crippen LogP contribution is 2.47. The van der Waals surface area contributed by atoms with Gasteiger partial charge in [0.2, 0.25) is 0 Å². The van der Waals surface area contributed by atoms with Gasteiger partial charge in [-0.05, 0) is 48.1 Å². The van der Waals surface area contributed by atoms with Crippen LogP contribution in [-0.2, 0) is 20.9 Å². The van der Waals surface area contributed by atoms with Crippen molar-refractivity contribution in [3.8, 4) is 5.75 Å². The first kappa shape index (κ1) is 25.4. The molecule has 1 atom stereocenters. The third-order valence-electron chi connectivity index (χ3n) is 6.47. The fraction of sp³-hybridized carbons (Fsp3) is 0.333. The number of rotatable bonds is 6. The van der Waals surface area contributed by atoms with Gasteiger partial charge in [-0.2, -0.15) is 0 Å². The average molecular weight is 511 g/mol. The lowest BCUT2D eigenvalue weighted by Crippen LogP contribution is -2.38. The molecule has 0 bridgehead atoms. The number of nitrogens with zero attached hydrogens (tertiary/aromatic N) is 1. The molecule has 0 fully saturated rings. The number of halogens is 1. The first-order chi connectivity index (χ1) is 17.0. The van der Waals surface area contributed by atoms with Crippen LogP contribution in [0.4, 0.5) is 5.69 Å². The molecule has 2 aromatic carbocycles. The molecule has 1 aliphatic carbocycles. The number of allylic oxidation sites excluding steroid dienone is 3. The highest BCUT2D eigenvalue weighted by atomic mass is 35.5. The third-order valence-corrected chi connectivity index (χ3v) is 6.72. The Hall–Kier alpha value is -3.65. The minimum absolute atomic E-state index is 0.0817. The van der Waals surface area contributed by atoms with Crippen LogP contribution in [0.1, 0.15) is 50.7 Å². The Morgan fingerprint density at radius 2 is 1.89 bits per heavy atom. The highest BCUT2D eigenvalue weighted by Gasteiger charge is 2.43. The van der Waals surface area contributed by atoms with Crippen molar-refractivity contribution in [1.82, 2.24) is 5.32 Å². The van der Waals surface area contributed by atoms with E-state index in [4.69, 9.17) is 21.1 Å². The summed E-state index contributed by atoms with van der Waals surface area (Å²) in [6.45, 7) is 5.88. The fourth-order valence-electron chi connectivity index (χ4n) is 4.87. The Kier molecular flexibility index (Phi) is 6.91. The lowest BCUT2D eigenvalue weighted by atomic mass is 9.68. The Labute approximate surface area is 214 Å². The van der Waals surface area contributed by atoms with E-state index in [0.717, 1.165) is 11.3 Å². The zero-order valence-corrected chi connectivity index (χ0v) is 21.3. The van der Waals surface area contributed by atoms with Crippen LogP contribution in [0.15, 0.2) is 65.0 Å². The van der Waals surface area contributed by atoms with Gasteiger partial charge in [-0.25, -0.2) is 4.79 Å². The van der Waals surface area contributed by atoms with E-state index in [2.05, 4.69) is 5.32 Å². The number of esters is 1. The first-order valence-electron chi connectivity index (χ1n) is 11.5. The Bertz CT molecular complexity index is 1310. The maximum atomic E-state index is 13.3. The molecule has 9 heteroatoms. The number of hydrogen-bond acceptors (Lipinski definition) is 7. The molecule has 1 aliphatic heterocycles. The maximum Gasteiger partial charge on any atom is 0.336 e. The van der Waals surface area contributed by atoms with Crippen LogP contribution in [0.25, 0.3) is 0 Å². The highest BCUT2D eigenvalue weighted by molar-refractivity contribution is 6.30. The van der Waals surface area contributed by atoms with E-state index in [0.29, 0.717) is 34.7 Å². The van der Waals surface area contributed by atoms with Crippen molar-refractivity contribution in [2.75, 3.05) is 7.11 Å². The molecule has 2 aromatic rings. The van der Waals surface area contributed by atoms with Gasteiger partial charge in [-0.1, -0.05) is 43.6 Å². The molecule has 0 radical (unpaired) electrons. The molecule has 1 heterocycles. The summed E-state index contributed by atoms with van der Waals surface area (Å²) in [6, 6.07) is 11.5. The lowest BCUT2D eigenvalue weighted by Gasteiger charge is -2.39. The number of nitro groups is 1. The van der Waals surface area contributed by atoms with Crippen LogP contribution in [0, 0.1) is 15.5 Å². The molecule has 0 saturated heterocycles. The van der Waals surface area contributed by atoms with E-state index < -0.39 is 16.8 Å². The Morgan fingerprint density at radius 1 is 1.19 bits per heavy atom. The number of ether oxygens (including phenoxy) is 2. The van der Waals surface area contributed by atoms with Crippen molar-refractivity contribution in [3.05, 3.63) is 91.3 Å². The normalized spacial score (nSPS) is 18.9. The van der Waals surface area contributed by atoms with Crippen molar-refractivity contribution in [1.29, 1.82) is 0 Å². The number of methoxy groups -OCH3 is 1. The van der Waals surface area contributed by atoms with Crippen molar-refractivity contribution < 1.29 is 24.0 Å². The average Bonchev–Trinajstić information content (AvgIpc) is 2.81. The number of Topliss-reactive ketones (excluding diaryl/α,β-unsaturated/α-hetero) is 1. The van der Waals surface area contributed by atoms with Gasteiger partial charge in [0.1, 0.15) is 6.61 Å². The van der Waals surface area contributed by atoms with Crippen LogP contribution in [0.5, 0.6) is 5.75 Å². The quantitative estimate of drug-likeness (QED) is 0.306. The molecular formula is C27H27ClN2O6. The van der Waals surface area contributed by atoms with Gasteiger partial charge in [0.05, 0.1) is 17.6 Å². The van der Waals surface area contributed by atoms with Gasteiger partial charge in [0, 0.05) is 40.4 Å². The number of dihydropyridines is 1. The van der Waals surface area contributed by atoms with Crippen molar-refractivity contribution in [2.24, 2.45) is 5.41 Å². The van der Waals surface area contributed by atoms with Gasteiger partial charge in [0.25, 0.3) is 0 Å². The number of nitrogens with one attached hydrogen (secondary N) is 1. The smallest absolute Gasteiger partial charge is 0.336 e. The van der Waals surface area contributed by atoms with Crippen LogP contribution in [0.3, 0.4) is 0 Å². The van der Waals surface area contributed by atoms with Gasteiger partial charge >= 0.3 is 11.7 Å². The first-order valence-corrected chi connectivity index (χ1v) is 11.9. The van der Waals surface area contributed by atoms with Crippen LogP contribution in [-0.4, -0.2) is 23.8 Å². The third kappa shape index (κ3) is 4.99. The summed E-state index contributed by atoms with van der Waals surface area (Å²) in [5, 5.41) is 15.8. The number of carbonyl (C=O) groups excluding carboxylic acids is 2. The second-order valence-electron chi connectivity index (χ2n) is 9.82. The SMILES string of the molecule is COC(=O)C1=C(C)NC2=C(C(=O)CC(C)(C)C2)C1c1ccc(OCc2ccc(Cl)cc2)c([N+](=O)[O-])c1. The van der Waals surface area contributed by atoms with Crippen molar-refractivity contribution in [2.45, 2.75) is 46.1 Å². The topological polar surface area (TPSA) is 108 Å². The zero-order valence-electron chi connectivity index (χ0n) is 20.5. The van der Waals surface area contributed by atoms with Gasteiger partial charge < -0.3 is 14.8 Å². The predicted octanol–water partition coefficient (Wildman–Crippen LogP) is 5.60. The maximum absolute atomic E-state index is 13.3. The summed E-state index contributed by atoms with van der Waals surface area (Å²) in [5.74, 6) is -1.40. The number of hydrogen-bond donors (Lipinski definition) is 1. The number of carbonyl (C=O) groups is 2. The molecule has 188 valence electrons. The molecule has 2 aliphatic rings. The van der Waals surface area contributed by atoms with Crippen molar-refractivity contribution >= 4 is 29.0 Å². The summed E-state index contributed by atoms with van der Waals surface area (Å²) in [4.78, 5) is 37.6. The number of ketones is 1. The zero-order chi connectivity index (χ0) is 26.2. The summed E-state index contributed by atoms with van der Waals surface area (Å²) in [7, 11) is 1.27. The van der Waals surface area contributed by atoms with Crippen LogP contribution < -0.4 is 10.1 Å². The molecule has 36 heavy (non-hydrogen) atoms. The van der Waals surface area contributed by atoms with E-state index in [1.807, 2.05) is 13.8 Å². The molecule has 0 aromatic heterocycles. The van der Waals surface area contributed by atoms with Crippen LogP contribution >= 0.6 is 11.6 Å². The largest absolute Gasteiger partial charge is 0.482 e. The Balaban J connectivity index is 1.77.